The minimum Gasteiger partial charge on any atom is -0.331 e. The van der Waals surface area contributed by atoms with Crippen LogP contribution in [0.4, 0.5) is 10.7 Å². The maximum Gasteiger partial charge on any atom is 0.323 e. The third-order valence-electron chi connectivity index (χ3n) is 2.94. The molecule has 2 aromatic rings. The number of nitrogens with one attached hydrogen (secondary N) is 1. The predicted octanol–water partition coefficient (Wildman–Crippen LogP) is 1.86. The first-order chi connectivity index (χ1) is 9.56. The van der Waals surface area contributed by atoms with Gasteiger partial charge in [-0.3, -0.25) is 9.84 Å². The topological polar surface area (TPSA) is 62.3 Å². The van der Waals surface area contributed by atoms with Gasteiger partial charge in [0.2, 0.25) is 5.27 Å². The highest BCUT2D eigenvalue weighted by Crippen LogP contribution is 2.09. The van der Waals surface area contributed by atoms with Crippen molar-refractivity contribution in [2.75, 3.05) is 19.4 Å². The van der Waals surface area contributed by atoms with E-state index < -0.39 is 0 Å². The van der Waals surface area contributed by atoms with Crippen molar-refractivity contribution in [1.29, 1.82) is 0 Å². The molecule has 1 N–H and O–H groups in total. The number of amides is 2. The number of carbonyl (C=O) groups is 1. The monoisotopic (exact) mass is 275 g/mol. The molecular formula is C14H19N4O2+. The maximum absolute atomic E-state index is 11.5. The average molecular weight is 275 g/mol. The summed E-state index contributed by atoms with van der Waals surface area (Å²) in [6, 6.07) is 10.1. The van der Waals surface area contributed by atoms with E-state index in [4.69, 9.17) is 4.52 Å². The molecule has 0 fully saturated rings. The summed E-state index contributed by atoms with van der Waals surface area (Å²) in [5.74, 6) is 0.337. The van der Waals surface area contributed by atoms with Gasteiger partial charge in [-0.15, -0.1) is 0 Å². The van der Waals surface area contributed by atoms with Crippen LogP contribution in [0.5, 0.6) is 0 Å². The smallest absolute Gasteiger partial charge is 0.323 e. The van der Waals surface area contributed by atoms with Crippen LogP contribution in [-0.4, -0.2) is 30.3 Å². The van der Waals surface area contributed by atoms with Gasteiger partial charge in [0.25, 0.3) is 6.20 Å². The van der Waals surface area contributed by atoms with E-state index in [1.165, 1.54) is 10.5 Å². The van der Waals surface area contributed by atoms with Crippen molar-refractivity contribution >= 4 is 11.9 Å². The Balaban J connectivity index is 1.99. The molecule has 6 nitrogen and oxygen atoms in total. The van der Waals surface area contributed by atoms with E-state index in [-0.39, 0.29) is 12.1 Å². The summed E-state index contributed by atoms with van der Waals surface area (Å²) < 4.78 is 6.81. The van der Waals surface area contributed by atoms with Crippen molar-refractivity contribution in [3.8, 4) is 0 Å². The van der Waals surface area contributed by atoms with E-state index in [0.29, 0.717) is 5.88 Å². The second kappa shape index (κ2) is 6.18. The van der Waals surface area contributed by atoms with E-state index in [0.717, 1.165) is 6.42 Å². The van der Waals surface area contributed by atoms with Gasteiger partial charge in [-0.05, 0) is 10.2 Å². The lowest BCUT2D eigenvalue weighted by atomic mass is 10.1. The van der Waals surface area contributed by atoms with E-state index in [2.05, 4.69) is 22.7 Å². The Morgan fingerprint density at radius 1 is 1.40 bits per heavy atom. The first-order valence-electron chi connectivity index (χ1n) is 6.46. The summed E-state index contributed by atoms with van der Waals surface area (Å²) in [6.45, 7) is 2.05. The molecule has 0 aliphatic carbocycles. The van der Waals surface area contributed by atoms with Gasteiger partial charge < -0.3 is 4.90 Å². The van der Waals surface area contributed by atoms with Crippen molar-refractivity contribution in [2.24, 2.45) is 0 Å². The number of hydrogen-bond donors (Lipinski definition) is 1. The van der Waals surface area contributed by atoms with Gasteiger partial charge >= 0.3 is 11.9 Å². The van der Waals surface area contributed by atoms with Gasteiger partial charge in [0.05, 0.1) is 0 Å². The van der Waals surface area contributed by atoms with Crippen LogP contribution in [0.25, 0.3) is 0 Å². The Labute approximate surface area is 118 Å². The minimum absolute atomic E-state index is 0.145. The van der Waals surface area contributed by atoms with Gasteiger partial charge in [-0.2, -0.15) is 0 Å². The van der Waals surface area contributed by atoms with Gasteiger partial charge in [0.1, 0.15) is 0 Å². The Morgan fingerprint density at radius 2 is 2.10 bits per heavy atom. The van der Waals surface area contributed by atoms with Gasteiger partial charge in [-0.25, -0.2) is 4.79 Å². The van der Waals surface area contributed by atoms with Crippen LogP contribution in [0.15, 0.2) is 41.1 Å². The van der Waals surface area contributed by atoms with Crippen LogP contribution >= 0.6 is 0 Å². The fraction of sp³-hybridized carbons (Fsp3) is 0.357. The summed E-state index contributed by atoms with van der Waals surface area (Å²) in [6.07, 6.45) is 2.54. The highest BCUT2D eigenvalue weighted by atomic mass is 16.5. The van der Waals surface area contributed by atoms with E-state index in [1.807, 2.05) is 25.1 Å². The first kappa shape index (κ1) is 14.0. The van der Waals surface area contributed by atoms with Crippen LogP contribution in [0.1, 0.15) is 18.5 Å². The number of aromatic nitrogens is 2. The Morgan fingerprint density at radius 3 is 2.75 bits per heavy atom. The SMILES string of the molecule is C[C@@H](Cc1ccccc1)[n+]1cc(NC(=O)N(C)C)on1. The molecule has 0 spiro atoms. The lowest BCUT2D eigenvalue weighted by Gasteiger charge is -2.07. The lowest BCUT2D eigenvalue weighted by Crippen LogP contribution is -2.40. The van der Waals surface area contributed by atoms with Crippen molar-refractivity contribution in [2.45, 2.75) is 19.4 Å². The molecule has 20 heavy (non-hydrogen) atoms. The van der Waals surface area contributed by atoms with Crippen LogP contribution in [0.2, 0.25) is 0 Å². The fourth-order valence-corrected chi connectivity index (χ4v) is 1.79. The molecular weight excluding hydrogens is 256 g/mol. The summed E-state index contributed by atoms with van der Waals surface area (Å²) in [5, 5.41) is 6.55. The highest BCUT2D eigenvalue weighted by molar-refractivity contribution is 5.87. The van der Waals surface area contributed by atoms with E-state index >= 15 is 0 Å². The molecule has 0 radical (unpaired) electrons. The summed E-state index contributed by atoms with van der Waals surface area (Å²) in [4.78, 5) is 12.9. The number of hydrogen-bond acceptors (Lipinski definition) is 3. The molecule has 1 atom stereocenters. The number of nitrogens with zero attached hydrogens (tertiary/aromatic N) is 3. The van der Waals surface area contributed by atoms with Crippen LogP contribution in [0.3, 0.4) is 0 Å². The first-order valence-corrected chi connectivity index (χ1v) is 6.46. The third kappa shape index (κ3) is 3.57. The molecule has 106 valence electrons. The molecule has 2 rings (SSSR count). The van der Waals surface area contributed by atoms with Gasteiger partial charge in [0, 0.05) is 27.4 Å². The molecule has 1 aromatic heterocycles. The summed E-state index contributed by atoms with van der Waals surface area (Å²) in [7, 11) is 3.33. The quantitative estimate of drug-likeness (QED) is 0.866. The standard InChI is InChI=1S/C14H18N4O2/c1-11(9-12-7-5-4-6-8-12)18-10-13(20-16-18)15-14(19)17(2)3/h4-8,10-11H,9H2,1-3H3/p+1/t11-/m0/s1. The second-order valence-corrected chi connectivity index (χ2v) is 4.91. The molecule has 0 unspecified atom stereocenters. The van der Waals surface area contributed by atoms with Gasteiger partial charge in [-0.1, -0.05) is 30.3 Å². The van der Waals surface area contributed by atoms with Crippen molar-refractivity contribution in [3.63, 3.8) is 0 Å². The van der Waals surface area contributed by atoms with E-state index in [1.54, 1.807) is 25.0 Å². The summed E-state index contributed by atoms with van der Waals surface area (Å²) in [5.41, 5.74) is 1.23. The highest BCUT2D eigenvalue weighted by Gasteiger charge is 2.21. The van der Waals surface area contributed by atoms with Crippen LogP contribution < -0.4 is 10.00 Å². The zero-order valence-electron chi connectivity index (χ0n) is 11.9. The zero-order valence-corrected chi connectivity index (χ0v) is 11.9. The molecule has 0 aliphatic rings. The van der Waals surface area contributed by atoms with Crippen LogP contribution in [0, 0.1) is 0 Å². The Bertz CT molecular complexity index is 566. The molecule has 2 amide bonds. The minimum atomic E-state index is -0.246. The van der Waals surface area contributed by atoms with Crippen LogP contribution in [-0.2, 0) is 6.42 Å². The number of urea groups is 1. The zero-order chi connectivity index (χ0) is 14.5. The molecule has 0 saturated heterocycles. The van der Waals surface area contributed by atoms with Gasteiger partial charge in [0.15, 0.2) is 6.04 Å². The third-order valence-corrected chi connectivity index (χ3v) is 2.94. The van der Waals surface area contributed by atoms with Crippen molar-refractivity contribution in [1.82, 2.24) is 10.2 Å². The number of rotatable bonds is 4. The molecule has 0 bridgehead atoms. The maximum atomic E-state index is 11.5. The molecule has 0 saturated carbocycles. The molecule has 6 heteroatoms. The Hall–Kier alpha value is -2.37. The average Bonchev–Trinajstić information content (AvgIpc) is 2.88. The Kier molecular flexibility index (Phi) is 4.34. The largest absolute Gasteiger partial charge is 0.331 e. The normalized spacial score (nSPS) is 11.9. The molecule has 0 aliphatic heterocycles. The number of anilines is 1. The van der Waals surface area contributed by atoms with E-state index in [9.17, 15) is 4.79 Å². The predicted molar refractivity (Wildman–Crippen MR) is 74.3 cm³/mol. The lowest BCUT2D eigenvalue weighted by molar-refractivity contribution is -0.782. The second-order valence-electron chi connectivity index (χ2n) is 4.91. The van der Waals surface area contributed by atoms with Crippen molar-refractivity contribution < 1.29 is 14.0 Å². The number of benzene rings is 1. The molecule has 1 heterocycles. The molecule has 1 aromatic carbocycles. The number of carbonyl (C=O) groups excluding carboxylic acids is 1. The summed E-state index contributed by atoms with van der Waals surface area (Å²) >= 11 is 0. The van der Waals surface area contributed by atoms with Crippen molar-refractivity contribution in [3.05, 3.63) is 42.1 Å². The fourth-order valence-electron chi connectivity index (χ4n) is 1.79.